The lowest BCUT2D eigenvalue weighted by Crippen LogP contribution is -2.00. The molecule has 0 aliphatic rings. The quantitative estimate of drug-likeness (QED) is 0.504. The van der Waals surface area contributed by atoms with Crippen molar-refractivity contribution in [1.82, 2.24) is 4.57 Å². The predicted octanol–water partition coefficient (Wildman–Crippen LogP) is 5.62. The molecule has 0 atom stereocenters. The van der Waals surface area contributed by atoms with Gasteiger partial charge in [-0.25, -0.2) is 0 Å². The molecular weight excluding hydrogens is 334 g/mol. The van der Waals surface area contributed by atoms with E-state index in [0.29, 0.717) is 6.42 Å². The molecule has 0 aliphatic heterocycles. The average Bonchev–Trinajstić information content (AvgIpc) is 3.06. The van der Waals surface area contributed by atoms with Gasteiger partial charge in [-0.2, -0.15) is 0 Å². The van der Waals surface area contributed by atoms with Crippen LogP contribution in [0.25, 0.3) is 27.8 Å². The number of aromatic nitrogens is 1. The van der Waals surface area contributed by atoms with E-state index in [2.05, 4.69) is 60.0 Å². The average molecular weight is 355 g/mol. The van der Waals surface area contributed by atoms with Crippen molar-refractivity contribution < 1.29 is 9.90 Å². The van der Waals surface area contributed by atoms with Crippen molar-refractivity contribution in [2.75, 3.05) is 0 Å². The number of hydrogen-bond acceptors (Lipinski definition) is 1. The lowest BCUT2D eigenvalue weighted by Gasteiger charge is -2.13. The van der Waals surface area contributed by atoms with Crippen LogP contribution in [0.5, 0.6) is 0 Å². The maximum Gasteiger partial charge on any atom is 0.303 e. The number of carboxylic acids is 1. The largest absolute Gasteiger partial charge is 0.481 e. The second-order valence-corrected chi connectivity index (χ2v) is 6.86. The monoisotopic (exact) mass is 355 g/mol. The third kappa shape index (κ3) is 3.49. The number of carbonyl (C=O) groups is 1. The van der Waals surface area contributed by atoms with Crippen molar-refractivity contribution in [2.24, 2.45) is 0 Å². The molecule has 3 nitrogen and oxygen atoms in total. The number of hydrogen-bond donors (Lipinski definition) is 1. The zero-order valence-electron chi connectivity index (χ0n) is 15.2. The van der Waals surface area contributed by atoms with Crippen molar-refractivity contribution in [3.63, 3.8) is 0 Å². The molecule has 4 aromatic rings. The molecule has 0 saturated carbocycles. The number of benzene rings is 3. The van der Waals surface area contributed by atoms with E-state index >= 15 is 0 Å². The first-order valence-corrected chi connectivity index (χ1v) is 9.10. The fourth-order valence-electron chi connectivity index (χ4n) is 3.51. The Morgan fingerprint density at radius 1 is 0.926 bits per heavy atom. The van der Waals surface area contributed by atoms with Gasteiger partial charge in [0.05, 0.1) is 11.2 Å². The molecule has 0 fully saturated rings. The normalized spacial score (nSPS) is 11.0. The van der Waals surface area contributed by atoms with Crippen LogP contribution in [-0.2, 0) is 11.2 Å². The first-order valence-electron chi connectivity index (χ1n) is 9.10. The van der Waals surface area contributed by atoms with Gasteiger partial charge in [-0.1, -0.05) is 54.6 Å². The molecule has 0 unspecified atom stereocenters. The van der Waals surface area contributed by atoms with Crippen LogP contribution in [0.4, 0.5) is 0 Å². The van der Waals surface area contributed by atoms with Gasteiger partial charge in [0, 0.05) is 17.5 Å². The van der Waals surface area contributed by atoms with Crippen LogP contribution in [0.15, 0.2) is 78.9 Å². The van der Waals surface area contributed by atoms with E-state index in [-0.39, 0.29) is 6.42 Å². The molecule has 3 aromatic carbocycles. The van der Waals surface area contributed by atoms with Crippen LogP contribution >= 0.6 is 0 Å². The first-order chi connectivity index (χ1) is 13.1. The molecule has 1 heterocycles. The topological polar surface area (TPSA) is 42.2 Å². The Morgan fingerprint density at radius 2 is 1.74 bits per heavy atom. The minimum absolute atomic E-state index is 0.139. The van der Waals surface area contributed by atoms with Crippen molar-refractivity contribution >= 4 is 16.9 Å². The Morgan fingerprint density at radius 3 is 2.52 bits per heavy atom. The van der Waals surface area contributed by atoms with Crippen molar-refractivity contribution in [3.8, 4) is 16.9 Å². The van der Waals surface area contributed by atoms with Gasteiger partial charge in [-0.15, -0.1) is 0 Å². The van der Waals surface area contributed by atoms with Gasteiger partial charge < -0.3 is 9.67 Å². The van der Waals surface area contributed by atoms with Crippen molar-refractivity contribution in [1.29, 1.82) is 0 Å². The summed E-state index contributed by atoms with van der Waals surface area (Å²) >= 11 is 0. The second-order valence-electron chi connectivity index (χ2n) is 6.86. The number of carboxylic acid groups (broad SMARTS) is 1. The number of fused-ring (bicyclic) bond motifs is 1. The first kappa shape index (κ1) is 17.1. The summed E-state index contributed by atoms with van der Waals surface area (Å²) in [5.41, 5.74) is 6.74. The third-order valence-electron chi connectivity index (χ3n) is 4.83. The third-order valence-corrected chi connectivity index (χ3v) is 4.83. The summed E-state index contributed by atoms with van der Waals surface area (Å²) < 4.78 is 2.27. The Hall–Kier alpha value is -3.33. The summed E-state index contributed by atoms with van der Waals surface area (Å²) in [6, 6.07) is 27.2. The van der Waals surface area contributed by atoms with E-state index in [4.69, 9.17) is 5.11 Å². The Kier molecular flexibility index (Phi) is 4.51. The van der Waals surface area contributed by atoms with Gasteiger partial charge in [0.15, 0.2) is 0 Å². The molecular formula is C24H21NO2. The van der Waals surface area contributed by atoms with Gasteiger partial charge in [0.1, 0.15) is 0 Å². The van der Waals surface area contributed by atoms with E-state index < -0.39 is 5.97 Å². The lowest BCUT2D eigenvalue weighted by atomic mass is 10.1. The molecule has 0 spiro atoms. The molecule has 1 N–H and O–H groups in total. The Balaban J connectivity index is 1.91. The SMILES string of the molecule is Cc1ccc2cc(-c3ccccc3)n(-c3cccc(CCC(=O)O)c3)c2c1. The van der Waals surface area contributed by atoms with Crippen molar-refractivity contribution in [2.45, 2.75) is 19.8 Å². The van der Waals surface area contributed by atoms with Gasteiger partial charge in [0.25, 0.3) is 0 Å². The predicted molar refractivity (Wildman–Crippen MR) is 109 cm³/mol. The fourth-order valence-corrected chi connectivity index (χ4v) is 3.51. The molecule has 0 aliphatic carbocycles. The molecule has 0 bridgehead atoms. The second kappa shape index (κ2) is 7.12. The summed E-state index contributed by atoms with van der Waals surface area (Å²) in [7, 11) is 0. The smallest absolute Gasteiger partial charge is 0.303 e. The van der Waals surface area contributed by atoms with Gasteiger partial charge in [-0.05, 0) is 54.3 Å². The highest BCUT2D eigenvalue weighted by atomic mass is 16.4. The van der Waals surface area contributed by atoms with E-state index in [1.54, 1.807) is 0 Å². The molecule has 27 heavy (non-hydrogen) atoms. The van der Waals surface area contributed by atoms with E-state index in [1.807, 2.05) is 30.3 Å². The van der Waals surface area contributed by atoms with E-state index in [9.17, 15) is 4.79 Å². The number of aliphatic carboxylic acids is 1. The highest BCUT2D eigenvalue weighted by molar-refractivity contribution is 5.89. The fraction of sp³-hybridized carbons (Fsp3) is 0.125. The lowest BCUT2D eigenvalue weighted by molar-refractivity contribution is -0.136. The van der Waals surface area contributed by atoms with Gasteiger partial charge in [0.2, 0.25) is 0 Å². The maximum absolute atomic E-state index is 10.9. The van der Waals surface area contributed by atoms with Crippen LogP contribution in [0.1, 0.15) is 17.5 Å². The molecule has 4 rings (SSSR count). The standard InChI is InChI=1S/C24H21NO2/c1-17-10-12-20-16-23(19-7-3-2-4-8-19)25(22(20)14-17)21-9-5-6-18(15-21)11-13-24(26)27/h2-10,12,14-16H,11,13H2,1H3,(H,26,27). The zero-order valence-corrected chi connectivity index (χ0v) is 15.2. The maximum atomic E-state index is 10.9. The van der Waals surface area contributed by atoms with E-state index in [1.165, 1.54) is 10.9 Å². The minimum atomic E-state index is -0.771. The van der Waals surface area contributed by atoms with Crippen LogP contribution in [-0.4, -0.2) is 15.6 Å². The molecule has 3 heteroatoms. The minimum Gasteiger partial charge on any atom is -0.481 e. The van der Waals surface area contributed by atoms with Gasteiger partial charge >= 0.3 is 5.97 Å². The molecule has 1 aromatic heterocycles. The van der Waals surface area contributed by atoms with Crippen LogP contribution < -0.4 is 0 Å². The highest BCUT2D eigenvalue weighted by Crippen LogP contribution is 2.32. The summed E-state index contributed by atoms with van der Waals surface area (Å²) in [5, 5.41) is 10.2. The number of rotatable bonds is 5. The van der Waals surface area contributed by atoms with Crippen LogP contribution in [0.2, 0.25) is 0 Å². The zero-order chi connectivity index (χ0) is 18.8. The molecule has 0 amide bonds. The van der Waals surface area contributed by atoms with E-state index in [0.717, 1.165) is 28.0 Å². The van der Waals surface area contributed by atoms with Crippen LogP contribution in [0.3, 0.4) is 0 Å². The van der Waals surface area contributed by atoms with Crippen LogP contribution in [0, 0.1) is 6.92 Å². The Labute approximate surface area is 158 Å². The summed E-state index contributed by atoms with van der Waals surface area (Å²) in [4.78, 5) is 10.9. The van der Waals surface area contributed by atoms with Crippen molar-refractivity contribution in [3.05, 3.63) is 90.0 Å². The molecule has 0 saturated heterocycles. The molecule has 134 valence electrons. The highest BCUT2D eigenvalue weighted by Gasteiger charge is 2.13. The number of aryl methyl sites for hydroxylation is 2. The summed E-state index contributed by atoms with van der Waals surface area (Å²) in [6.45, 7) is 2.10. The summed E-state index contributed by atoms with van der Waals surface area (Å²) in [5.74, 6) is -0.771. The molecule has 0 radical (unpaired) electrons. The summed E-state index contributed by atoms with van der Waals surface area (Å²) in [6.07, 6.45) is 0.669. The van der Waals surface area contributed by atoms with Gasteiger partial charge in [-0.3, -0.25) is 4.79 Å². The number of nitrogens with zero attached hydrogens (tertiary/aromatic N) is 1. The Bertz CT molecular complexity index is 1110.